The van der Waals surface area contributed by atoms with Crippen molar-refractivity contribution < 1.29 is 4.92 Å². The summed E-state index contributed by atoms with van der Waals surface area (Å²) in [5.41, 5.74) is 5.33. The Balaban J connectivity index is 2.75. The molecule has 0 aliphatic heterocycles. The number of nitrogens with zero attached hydrogens (tertiary/aromatic N) is 2. The van der Waals surface area contributed by atoms with Crippen LogP contribution in [-0.4, -0.2) is 27.5 Å². The number of nitrogens with one attached hydrogen (secondary N) is 1. The second-order valence-electron chi connectivity index (χ2n) is 4.18. The molecule has 0 aliphatic rings. The normalized spacial score (nSPS) is 11.2. The molecule has 0 saturated carbocycles. The molecule has 0 bridgehead atoms. The largest absolute Gasteiger partial charge is 0.378 e. The highest BCUT2D eigenvalue weighted by Gasteiger charge is 2.17. The van der Waals surface area contributed by atoms with Crippen LogP contribution in [0, 0.1) is 10.1 Å². The first-order valence-electron chi connectivity index (χ1n) is 5.05. The number of hydrogen-bond donors (Lipinski definition) is 2. The van der Waals surface area contributed by atoms with E-state index in [0.717, 1.165) is 0 Å². The van der Waals surface area contributed by atoms with Crippen LogP contribution in [0.5, 0.6) is 0 Å². The standard InChI is InChI=1S/C10H16N4O2S/c1-10(2,17-3)6-12-8-5-4-7(14(15)16)9(11)13-8/h4-5H,6H2,1-3H3,(H3,11,12,13). The van der Waals surface area contributed by atoms with Crippen molar-refractivity contribution in [3.05, 3.63) is 22.2 Å². The molecule has 3 N–H and O–H groups in total. The van der Waals surface area contributed by atoms with Gasteiger partial charge in [-0.25, -0.2) is 4.98 Å². The van der Waals surface area contributed by atoms with E-state index in [-0.39, 0.29) is 16.3 Å². The van der Waals surface area contributed by atoms with E-state index >= 15 is 0 Å². The van der Waals surface area contributed by atoms with Gasteiger partial charge in [0, 0.05) is 17.4 Å². The maximum Gasteiger partial charge on any atom is 0.311 e. The van der Waals surface area contributed by atoms with Crippen LogP contribution in [0.4, 0.5) is 17.3 Å². The summed E-state index contributed by atoms with van der Waals surface area (Å²) in [7, 11) is 0. The predicted molar refractivity (Wildman–Crippen MR) is 71.4 cm³/mol. The van der Waals surface area contributed by atoms with Crippen molar-refractivity contribution in [3.8, 4) is 0 Å². The van der Waals surface area contributed by atoms with E-state index < -0.39 is 4.92 Å². The van der Waals surface area contributed by atoms with Gasteiger partial charge in [-0.05, 0) is 26.2 Å². The molecule has 0 aliphatic carbocycles. The molecule has 0 saturated heterocycles. The second kappa shape index (κ2) is 5.22. The van der Waals surface area contributed by atoms with Crippen LogP contribution >= 0.6 is 11.8 Å². The van der Waals surface area contributed by atoms with Gasteiger partial charge in [-0.2, -0.15) is 11.8 Å². The number of nitrogen functional groups attached to an aromatic ring is 1. The Bertz CT molecular complexity index is 423. The van der Waals surface area contributed by atoms with Crippen LogP contribution in [-0.2, 0) is 0 Å². The molecule has 0 unspecified atom stereocenters. The highest BCUT2D eigenvalue weighted by atomic mass is 32.2. The van der Waals surface area contributed by atoms with Gasteiger partial charge in [0.1, 0.15) is 5.82 Å². The zero-order chi connectivity index (χ0) is 13.1. The number of hydrogen-bond acceptors (Lipinski definition) is 6. The molecule has 17 heavy (non-hydrogen) atoms. The van der Waals surface area contributed by atoms with E-state index in [2.05, 4.69) is 24.1 Å². The van der Waals surface area contributed by atoms with Crippen LogP contribution in [0.3, 0.4) is 0 Å². The van der Waals surface area contributed by atoms with E-state index in [4.69, 9.17) is 5.73 Å². The van der Waals surface area contributed by atoms with Crippen LogP contribution in [0.2, 0.25) is 0 Å². The zero-order valence-electron chi connectivity index (χ0n) is 10.1. The number of rotatable bonds is 5. The number of pyridine rings is 1. The molecule has 1 aromatic rings. The van der Waals surface area contributed by atoms with Gasteiger partial charge >= 0.3 is 5.69 Å². The van der Waals surface area contributed by atoms with Crippen LogP contribution in [0.25, 0.3) is 0 Å². The zero-order valence-corrected chi connectivity index (χ0v) is 10.9. The van der Waals surface area contributed by atoms with Gasteiger partial charge in [-0.1, -0.05) is 0 Å². The smallest absolute Gasteiger partial charge is 0.311 e. The Morgan fingerprint density at radius 1 is 1.59 bits per heavy atom. The first-order valence-corrected chi connectivity index (χ1v) is 6.28. The summed E-state index contributed by atoms with van der Waals surface area (Å²) in [5, 5.41) is 13.7. The summed E-state index contributed by atoms with van der Waals surface area (Å²) in [4.78, 5) is 14.0. The quantitative estimate of drug-likeness (QED) is 0.619. The van der Waals surface area contributed by atoms with Crippen molar-refractivity contribution >= 4 is 29.1 Å². The average molecular weight is 256 g/mol. The Morgan fingerprint density at radius 3 is 2.71 bits per heavy atom. The third kappa shape index (κ3) is 3.77. The monoisotopic (exact) mass is 256 g/mol. The molecule has 1 aromatic heterocycles. The third-order valence-corrected chi connectivity index (χ3v) is 3.60. The molecule has 94 valence electrons. The third-order valence-electron chi connectivity index (χ3n) is 2.35. The minimum absolute atomic E-state index is 0.0676. The summed E-state index contributed by atoms with van der Waals surface area (Å²) < 4.78 is 0.0677. The molecule has 0 aromatic carbocycles. The lowest BCUT2D eigenvalue weighted by Gasteiger charge is -2.22. The molecular formula is C10H16N4O2S. The Labute approximate surface area is 104 Å². The topological polar surface area (TPSA) is 94.1 Å². The van der Waals surface area contributed by atoms with Gasteiger partial charge in [0.05, 0.1) is 4.92 Å². The predicted octanol–water partition coefficient (Wildman–Crippen LogP) is 2.13. The molecule has 0 fully saturated rings. The number of thioether (sulfide) groups is 1. The fourth-order valence-electron chi connectivity index (χ4n) is 1.10. The lowest BCUT2D eigenvalue weighted by molar-refractivity contribution is -0.384. The molecule has 7 heteroatoms. The van der Waals surface area contributed by atoms with Crippen molar-refractivity contribution in [2.45, 2.75) is 18.6 Å². The van der Waals surface area contributed by atoms with Crippen molar-refractivity contribution in [2.75, 3.05) is 23.9 Å². The fraction of sp³-hybridized carbons (Fsp3) is 0.500. The summed E-state index contributed by atoms with van der Waals surface area (Å²) in [6, 6.07) is 2.92. The van der Waals surface area contributed by atoms with Crippen LogP contribution in [0.15, 0.2) is 12.1 Å². The lowest BCUT2D eigenvalue weighted by Crippen LogP contribution is -2.26. The van der Waals surface area contributed by atoms with Gasteiger partial charge in [0.2, 0.25) is 5.82 Å². The molecule has 0 spiro atoms. The first kappa shape index (κ1) is 13.6. The van der Waals surface area contributed by atoms with Crippen molar-refractivity contribution in [2.24, 2.45) is 0 Å². The molecule has 0 amide bonds. The van der Waals surface area contributed by atoms with Crippen molar-refractivity contribution in [1.29, 1.82) is 0 Å². The summed E-state index contributed by atoms with van der Waals surface area (Å²) in [6.45, 7) is 4.90. The summed E-state index contributed by atoms with van der Waals surface area (Å²) in [5.74, 6) is 0.484. The van der Waals surface area contributed by atoms with Crippen LogP contribution < -0.4 is 11.1 Å². The lowest BCUT2D eigenvalue weighted by atomic mass is 10.2. The second-order valence-corrected chi connectivity index (χ2v) is 5.69. The fourth-order valence-corrected chi connectivity index (χ4v) is 1.31. The molecule has 1 rings (SSSR count). The Hall–Kier alpha value is -1.50. The number of anilines is 2. The van der Waals surface area contributed by atoms with Crippen LogP contribution in [0.1, 0.15) is 13.8 Å². The van der Waals surface area contributed by atoms with Gasteiger partial charge in [-0.3, -0.25) is 10.1 Å². The average Bonchev–Trinajstić information content (AvgIpc) is 2.26. The Kier molecular flexibility index (Phi) is 4.17. The highest BCUT2D eigenvalue weighted by Crippen LogP contribution is 2.23. The number of aromatic nitrogens is 1. The van der Waals surface area contributed by atoms with E-state index in [9.17, 15) is 10.1 Å². The van der Waals surface area contributed by atoms with E-state index in [1.165, 1.54) is 6.07 Å². The molecular weight excluding hydrogens is 240 g/mol. The Morgan fingerprint density at radius 2 is 2.24 bits per heavy atom. The van der Waals surface area contributed by atoms with Crippen molar-refractivity contribution in [3.63, 3.8) is 0 Å². The molecule has 6 nitrogen and oxygen atoms in total. The van der Waals surface area contributed by atoms with Crippen molar-refractivity contribution in [1.82, 2.24) is 4.98 Å². The minimum atomic E-state index is -0.544. The van der Waals surface area contributed by atoms with Gasteiger partial charge in [0.25, 0.3) is 0 Å². The molecule has 0 atom stereocenters. The summed E-state index contributed by atoms with van der Waals surface area (Å²) in [6.07, 6.45) is 2.03. The highest BCUT2D eigenvalue weighted by molar-refractivity contribution is 7.99. The maximum atomic E-state index is 10.6. The maximum absolute atomic E-state index is 10.6. The minimum Gasteiger partial charge on any atom is -0.378 e. The number of nitrogens with two attached hydrogens (primary N) is 1. The SMILES string of the molecule is CSC(C)(C)CNc1ccc([N+](=O)[O-])c(N)n1. The first-order chi connectivity index (χ1) is 7.85. The van der Waals surface area contributed by atoms with Gasteiger partial charge in [0.15, 0.2) is 0 Å². The molecule has 1 heterocycles. The van der Waals surface area contributed by atoms with Gasteiger partial charge < -0.3 is 11.1 Å². The van der Waals surface area contributed by atoms with E-state index in [0.29, 0.717) is 12.4 Å². The van der Waals surface area contributed by atoms with E-state index in [1.807, 2.05) is 6.26 Å². The summed E-state index contributed by atoms with van der Waals surface area (Å²) >= 11 is 1.73. The molecule has 0 radical (unpaired) electrons. The van der Waals surface area contributed by atoms with Gasteiger partial charge in [-0.15, -0.1) is 0 Å². The van der Waals surface area contributed by atoms with E-state index in [1.54, 1.807) is 17.8 Å². The number of nitro groups is 1.